The van der Waals surface area contributed by atoms with Gasteiger partial charge in [0.1, 0.15) is 0 Å². The Morgan fingerprint density at radius 3 is 2.35 bits per heavy atom. The molecule has 7 nitrogen and oxygen atoms in total. The van der Waals surface area contributed by atoms with E-state index in [-0.39, 0.29) is 13.0 Å². The molecular weight excluding hydrogens is 250 g/mol. The minimum atomic E-state index is -3.85. The molecule has 0 aliphatic rings. The number of nitrogens with one attached hydrogen (secondary N) is 1. The van der Waals surface area contributed by atoms with E-state index in [1.54, 1.807) is 13.8 Å². The largest absolute Gasteiger partial charge is 0.481 e. The zero-order valence-electron chi connectivity index (χ0n) is 9.80. The van der Waals surface area contributed by atoms with E-state index in [0.717, 1.165) is 0 Å². The van der Waals surface area contributed by atoms with Crippen molar-refractivity contribution in [1.29, 1.82) is 0 Å². The molecule has 1 atom stereocenters. The van der Waals surface area contributed by atoms with Gasteiger partial charge in [-0.1, -0.05) is 6.92 Å². The SMILES string of the molecule is CCOC(=O)CS(=O)(=O)NC(CC)CC(=O)O. The monoisotopic (exact) mass is 267 g/mol. The fourth-order valence-electron chi connectivity index (χ4n) is 1.13. The second kappa shape index (κ2) is 7.23. The van der Waals surface area contributed by atoms with Crippen LogP contribution >= 0.6 is 0 Å². The Morgan fingerprint density at radius 2 is 1.94 bits per heavy atom. The number of aliphatic carboxylic acids is 1. The van der Waals surface area contributed by atoms with Crippen molar-refractivity contribution in [3.05, 3.63) is 0 Å². The molecular formula is C9H17NO6S. The summed E-state index contributed by atoms with van der Waals surface area (Å²) < 4.78 is 29.6. The van der Waals surface area contributed by atoms with Crippen LogP contribution in [0.15, 0.2) is 0 Å². The van der Waals surface area contributed by atoms with Crippen LogP contribution in [0.2, 0.25) is 0 Å². The van der Waals surface area contributed by atoms with Gasteiger partial charge >= 0.3 is 11.9 Å². The fourth-order valence-corrected chi connectivity index (χ4v) is 2.37. The summed E-state index contributed by atoms with van der Waals surface area (Å²) in [6.45, 7) is 3.32. The van der Waals surface area contributed by atoms with Crippen LogP contribution in [0.5, 0.6) is 0 Å². The molecule has 0 aromatic heterocycles. The van der Waals surface area contributed by atoms with Gasteiger partial charge in [-0.2, -0.15) is 0 Å². The minimum absolute atomic E-state index is 0.0979. The van der Waals surface area contributed by atoms with Gasteiger partial charge in [0.15, 0.2) is 5.75 Å². The Morgan fingerprint density at radius 1 is 1.35 bits per heavy atom. The van der Waals surface area contributed by atoms with Crippen molar-refractivity contribution in [1.82, 2.24) is 4.72 Å². The summed E-state index contributed by atoms with van der Waals surface area (Å²) in [4.78, 5) is 21.4. The first-order valence-corrected chi connectivity index (χ1v) is 6.83. The van der Waals surface area contributed by atoms with E-state index in [1.807, 2.05) is 0 Å². The lowest BCUT2D eigenvalue weighted by Gasteiger charge is -2.14. The summed E-state index contributed by atoms with van der Waals surface area (Å²) in [5, 5.41) is 8.55. The molecule has 1 unspecified atom stereocenters. The van der Waals surface area contributed by atoms with E-state index in [0.29, 0.717) is 6.42 Å². The number of ether oxygens (including phenoxy) is 1. The van der Waals surface area contributed by atoms with Crippen LogP contribution in [0, 0.1) is 0 Å². The number of carbonyl (C=O) groups is 2. The van der Waals surface area contributed by atoms with Crippen LogP contribution in [0.25, 0.3) is 0 Å². The third-order valence-electron chi connectivity index (χ3n) is 1.87. The lowest BCUT2D eigenvalue weighted by Crippen LogP contribution is -2.39. The van der Waals surface area contributed by atoms with Crippen LogP contribution in [-0.2, 0) is 24.3 Å². The van der Waals surface area contributed by atoms with E-state index in [9.17, 15) is 18.0 Å². The van der Waals surface area contributed by atoms with Gasteiger partial charge in [0.05, 0.1) is 13.0 Å². The maximum absolute atomic E-state index is 11.5. The second-order valence-corrected chi connectivity index (χ2v) is 5.14. The van der Waals surface area contributed by atoms with E-state index >= 15 is 0 Å². The molecule has 0 heterocycles. The molecule has 0 aliphatic carbocycles. The maximum Gasteiger partial charge on any atom is 0.322 e. The van der Waals surface area contributed by atoms with E-state index in [2.05, 4.69) is 9.46 Å². The first kappa shape index (κ1) is 15.9. The number of carboxylic acids is 1. The molecule has 0 spiro atoms. The highest BCUT2D eigenvalue weighted by atomic mass is 32.2. The molecule has 100 valence electrons. The standard InChI is InChI=1S/C9H17NO6S/c1-3-7(5-8(11)12)10-17(14,15)6-9(13)16-4-2/h7,10H,3-6H2,1-2H3,(H,11,12). The van der Waals surface area contributed by atoms with Crippen LogP contribution in [0.4, 0.5) is 0 Å². The molecule has 17 heavy (non-hydrogen) atoms. The normalized spacial score (nSPS) is 13.1. The predicted octanol–water partition coefficient (Wildman–Crippen LogP) is -0.278. The van der Waals surface area contributed by atoms with Gasteiger partial charge in [0, 0.05) is 6.04 Å². The smallest absolute Gasteiger partial charge is 0.322 e. The quantitative estimate of drug-likeness (QED) is 0.585. The number of esters is 1. The van der Waals surface area contributed by atoms with Crippen LogP contribution < -0.4 is 4.72 Å². The third-order valence-corrected chi connectivity index (χ3v) is 3.18. The van der Waals surface area contributed by atoms with Crippen LogP contribution in [-0.4, -0.2) is 43.9 Å². The van der Waals surface area contributed by atoms with E-state index in [4.69, 9.17) is 5.11 Å². The van der Waals surface area contributed by atoms with E-state index in [1.165, 1.54) is 0 Å². The number of carboxylic acid groups (broad SMARTS) is 1. The number of hydrogen-bond donors (Lipinski definition) is 2. The second-order valence-electron chi connectivity index (χ2n) is 3.38. The highest BCUT2D eigenvalue weighted by molar-refractivity contribution is 7.90. The Hall–Kier alpha value is -1.15. The molecule has 0 radical (unpaired) electrons. The van der Waals surface area contributed by atoms with Crippen molar-refractivity contribution in [3.8, 4) is 0 Å². The van der Waals surface area contributed by atoms with Crippen molar-refractivity contribution in [2.24, 2.45) is 0 Å². The maximum atomic E-state index is 11.5. The summed E-state index contributed by atoms with van der Waals surface area (Å²) in [5.41, 5.74) is 0. The van der Waals surface area contributed by atoms with Crippen molar-refractivity contribution in [2.75, 3.05) is 12.4 Å². The Labute approximate surface area is 100 Å². The lowest BCUT2D eigenvalue weighted by molar-refractivity contribution is -0.140. The average Bonchev–Trinajstić information content (AvgIpc) is 2.14. The molecule has 2 N–H and O–H groups in total. The van der Waals surface area contributed by atoms with Crippen LogP contribution in [0.3, 0.4) is 0 Å². The van der Waals surface area contributed by atoms with Crippen LogP contribution in [0.1, 0.15) is 26.7 Å². The molecule has 0 saturated heterocycles. The first-order chi connectivity index (χ1) is 7.80. The van der Waals surface area contributed by atoms with E-state index < -0.39 is 33.8 Å². The number of sulfonamides is 1. The summed E-state index contributed by atoms with van der Waals surface area (Å²) in [7, 11) is -3.85. The summed E-state index contributed by atoms with van der Waals surface area (Å²) in [6.07, 6.45) is 0.00686. The van der Waals surface area contributed by atoms with Gasteiger partial charge in [0.25, 0.3) is 0 Å². The van der Waals surface area contributed by atoms with Gasteiger partial charge in [-0.3, -0.25) is 9.59 Å². The highest BCUT2D eigenvalue weighted by Gasteiger charge is 2.22. The molecule has 0 amide bonds. The molecule has 8 heteroatoms. The van der Waals surface area contributed by atoms with Gasteiger partial charge in [-0.25, -0.2) is 13.1 Å². The molecule has 0 rings (SSSR count). The summed E-state index contributed by atoms with van der Waals surface area (Å²) in [6, 6.07) is -0.716. The molecule has 0 fully saturated rings. The first-order valence-electron chi connectivity index (χ1n) is 5.18. The average molecular weight is 267 g/mol. The van der Waals surface area contributed by atoms with Gasteiger partial charge in [-0.15, -0.1) is 0 Å². The lowest BCUT2D eigenvalue weighted by atomic mass is 10.2. The topological polar surface area (TPSA) is 110 Å². The van der Waals surface area contributed by atoms with Crippen molar-refractivity contribution in [3.63, 3.8) is 0 Å². The van der Waals surface area contributed by atoms with Gasteiger partial charge in [-0.05, 0) is 13.3 Å². The van der Waals surface area contributed by atoms with Gasteiger partial charge in [0.2, 0.25) is 10.0 Å². The Kier molecular flexibility index (Phi) is 6.74. The van der Waals surface area contributed by atoms with Crippen molar-refractivity contribution in [2.45, 2.75) is 32.7 Å². The minimum Gasteiger partial charge on any atom is -0.481 e. The Bertz CT molecular complexity index is 364. The third kappa shape index (κ3) is 7.70. The fraction of sp³-hybridized carbons (Fsp3) is 0.778. The number of hydrogen-bond acceptors (Lipinski definition) is 5. The molecule has 0 aliphatic heterocycles. The zero-order chi connectivity index (χ0) is 13.5. The summed E-state index contributed by atoms with van der Waals surface area (Å²) in [5.74, 6) is -2.75. The van der Waals surface area contributed by atoms with Crippen molar-refractivity contribution >= 4 is 22.0 Å². The van der Waals surface area contributed by atoms with Gasteiger partial charge < -0.3 is 9.84 Å². The molecule has 0 saturated carbocycles. The number of rotatable bonds is 8. The summed E-state index contributed by atoms with van der Waals surface area (Å²) >= 11 is 0. The predicted molar refractivity (Wildman–Crippen MR) is 59.9 cm³/mol. The van der Waals surface area contributed by atoms with Crippen molar-refractivity contribution < 1.29 is 27.9 Å². The Balaban J connectivity index is 4.41. The molecule has 0 aromatic carbocycles. The highest BCUT2D eigenvalue weighted by Crippen LogP contribution is 2.01. The molecule has 0 aromatic rings. The molecule has 0 bridgehead atoms. The zero-order valence-corrected chi connectivity index (χ0v) is 10.6. The number of carbonyl (C=O) groups excluding carboxylic acids is 1.